The number of nitrogens with one attached hydrogen (secondary N) is 5. The van der Waals surface area contributed by atoms with Gasteiger partial charge in [-0.25, -0.2) is 9.59 Å². The van der Waals surface area contributed by atoms with Crippen molar-refractivity contribution in [3.05, 3.63) is 58.1 Å². The van der Waals surface area contributed by atoms with Crippen LogP contribution in [0.25, 0.3) is 11.1 Å². The monoisotopic (exact) mass is 589 g/mol. The predicted octanol–water partition coefficient (Wildman–Crippen LogP) is 2.21. The molecule has 0 saturated heterocycles. The summed E-state index contributed by atoms with van der Waals surface area (Å²) < 4.78 is 5.30. The smallest absolute Gasteiger partial charge is 0.407 e. The van der Waals surface area contributed by atoms with Crippen LogP contribution in [0.3, 0.4) is 0 Å². The molecule has 5 rings (SSSR count). The molecule has 0 fully saturated rings. The van der Waals surface area contributed by atoms with Crippen LogP contribution < -0.4 is 26.6 Å². The number of benzene rings is 2. The normalized spacial score (nSPS) is 15.8. The number of hydrogen-bond acceptors (Lipinski definition) is 9. The number of nitrogens with zero attached hydrogens (tertiary/aromatic N) is 2. The van der Waals surface area contributed by atoms with E-state index >= 15 is 0 Å². The van der Waals surface area contributed by atoms with E-state index in [0.717, 1.165) is 68.6 Å². The molecular weight excluding hydrogens is 546 g/mol. The van der Waals surface area contributed by atoms with Gasteiger partial charge in [0.1, 0.15) is 6.04 Å². The third-order valence-corrected chi connectivity index (χ3v) is 7.66. The number of rotatable bonds is 11. The number of aliphatic carboxylic acids is 1. The van der Waals surface area contributed by atoms with Crippen molar-refractivity contribution in [2.45, 2.75) is 52.5 Å². The number of guanidine groups is 2. The molecule has 0 bridgehead atoms. The van der Waals surface area contributed by atoms with Gasteiger partial charge in [0.25, 0.3) is 0 Å². The molecule has 2 aliphatic heterocycles. The maximum atomic E-state index is 12.5. The Morgan fingerprint density at radius 2 is 1.60 bits per heavy atom. The first-order valence-corrected chi connectivity index (χ1v) is 15.1. The third kappa shape index (κ3) is 8.18. The van der Waals surface area contributed by atoms with Gasteiger partial charge in [-0.15, -0.1) is 0 Å². The van der Waals surface area contributed by atoms with Crippen molar-refractivity contribution in [1.29, 1.82) is 0 Å². The number of carboxylic acids is 1. The van der Waals surface area contributed by atoms with Crippen LogP contribution in [0.4, 0.5) is 4.79 Å². The molecule has 2 heterocycles. The fourth-order valence-electron chi connectivity index (χ4n) is 5.54. The van der Waals surface area contributed by atoms with Gasteiger partial charge in [-0.05, 0) is 63.6 Å². The van der Waals surface area contributed by atoms with E-state index in [1.54, 1.807) is 0 Å². The standard InChI is InChI=1S/C32H43N7O4/c1-32(2,3)19-43-31(42)39-27(28(40)41)18-22-15-24-16-23-14-20(6-8-33-29-35-10-11-36-29)4-5-25(23)26(24)17-21(22)7-9-34-30-37-12-13-38-30/h4-5,14-15,17,27H,6-13,16,18-19H2,1-3H3,(H,39,42)(H,40,41)(H2,33,35,36)(H2,34,37,38). The second-order valence-electron chi connectivity index (χ2n) is 12.5. The quantitative estimate of drug-likeness (QED) is 0.200. The SMILES string of the molecule is CC(C)(C)COC(=O)NC(Cc1cc2c(cc1CCNC1=NCCN1)-c1ccc(CCNC3=NCCN3)cc1C2)C(=O)O. The van der Waals surface area contributed by atoms with Crippen molar-refractivity contribution in [3.8, 4) is 11.1 Å². The van der Waals surface area contributed by atoms with Gasteiger partial charge < -0.3 is 36.4 Å². The van der Waals surface area contributed by atoms with E-state index in [9.17, 15) is 14.7 Å². The summed E-state index contributed by atoms with van der Waals surface area (Å²) in [5, 5.41) is 25.7. The fraction of sp³-hybridized carbons (Fsp3) is 0.500. The number of amides is 1. The minimum atomic E-state index is -1.11. The summed E-state index contributed by atoms with van der Waals surface area (Å²) in [5.74, 6) is 0.565. The zero-order valence-electron chi connectivity index (χ0n) is 25.3. The third-order valence-electron chi connectivity index (χ3n) is 7.66. The van der Waals surface area contributed by atoms with Crippen LogP contribution >= 0.6 is 0 Å². The van der Waals surface area contributed by atoms with Gasteiger partial charge in [0.2, 0.25) is 0 Å². The second-order valence-corrected chi connectivity index (χ2v) is 12.5. The van der Waals surface area contributed by atoms with Gasteiger partial charge >= 0.3 is 12.1 Å². The van der Waals surface area contributed by atoms with Crippen LogP contribution in [-0.4, -0.2) is 81.0 Å². The number of aliphatic imine (C=N–C) groups is 2. The lowest BCUT2D eigenvalue weighted by molar-refractivity contribution is -0.139. The topological polar surface area (TPSA) is 148 Å². The van der Waals surface area contributed by atoms with E-state index in [4.69, 9.17) is 4.74 Å². The number of ether oxygens (including phenoxy) is 1. The minimum Gasteiger partial charge on any atom is -0.480 e. The maximum Gasteiger partial charge on any atom is 0.407 e. The highest BCUT2D eigenvalue weighted by atomic mass is 16.5. The molecule has 6 N–H and O–H groups in total. The van der Waals surface area contributed by atoms with Crippen molar-refractivity contribution in [2.75, 3.05) is 45.9 Å². The van der Waals surface area contributed by atoms with E-state index in [-0.39, 0.29) is 18.4 Å². The lowest BCUT2D eigenvalue weighted by Gasteiger charge is -2.21. The van der Waals surface area contributed by atoms with Crippen LogP contribution in [0.2, 0.25) is 0 Å². The van der Waals surface area contributed by atoms with Gasteiger partial charge in [-0.3, -0.25) is 9.98 Å². The molecule has 11 heteroatoms. The van der Waals surface area contributed by atoms with Crippen molar-refractivity contribution in [1.82, 2.24) is 26.6 Å². The summed E-state index contributed by atoms with van der Waals surface area (Å²) >= 11 is 0. The molecule has 0 saturated carbocycles. The predicted molar refractivity (Wildman–Crippen MR) is 168 cm³/mol. The molecule has 1 amide bonds. The Morgan fingerprint density at radius 1 is 0.930 bits per heavy atom. The second kappa shape index (κ2) is 13.4. The van der Waals surface area contributed by atoms with Gasteiger partial charge in [-0.1, -0.05) is 51.1 Å². The minimum absolute atomic E-state index is 0.160. The molecule has 0 aromatic heterocycles. The number of carbonyl (C=O) groups excluding carboxylic acids is 1. The summed E-state index contributed by atoms with van der Waals surface area (Å²) in [4.78, 5) is 33.5. The van der Waals surface area contributed by atoms with Gasteiger partial charge in [0, 0.05) is 32.6 Å². The summed E-state index contributed by atoms with van der Waals surface area (Å²) in [6.07, 6.45) is 1.79. The van der Waals surface area contributed by atoms with Crippen molar-refractivity contribution in [2.24, 2.45) is 15.4 Å². The Balaban J connectivity index is 1.32. The largest absolute Gasteiger partial charge is 0.480 e. The van der Waals surface area contributed by atoms with Crippen molar-refractivity contribution in [3.63, 3.8) is 0 Å². The molecule has 230 valence electrons. The molecule has 43 heavy (non-hydrogen) atoms. The summed E-state index contributed by atoms with van der Waals surface area (Å²) in [5.41, 5.74) is 7.84. The Morgan fingerprint density at radius 3 is 2.23 bits per heavy atom. The van der Waals surface area contributed by atoms with Crippen LogP contribution in [0, 0.1) is 5.41 Å². The number of alkyl carbamates (subject to hydrolysis) is 1. The first-order chi connectivity index (χ1) is 20.6. The lowest BCUT2D eigenvalue weighted by atomic mass is 9.92. The van der Waals surface area contributed by atoms with Gasteiger partial charge in [-0.2, -0.15) is 0 Å². The summed E-state index contributed by atoms with van der Waals surface area (Å²) in [7, 11) is 0. The molecule has 0 spiro atoms. The maximum absolute atomic E-state index is 12.5. The van der Waals surface area contributed by atoms with E-state index in [0.29, 0.717) is 13.0 Å². The number of carboxylic acid groups (broad SMARTS) is 1. The van der Waals surface area contributed by atoms with E-state index < -0.39 is 18.1 Å². The van der Waals surface area contributed by atoms with E-state index in [1.165, 1.54) is 27.8 Å². The zero-order chi connectivity index (χ0) is 30.4. The molecular formula is C32H43N7O4. The van der Waals surface area contributed by atoms with Crippen molar-refractivity contribution >= 4 is 24.0 Å². The number of carbonyl (C=O) groups is 2. The highest BCUT2D eigenvalue weighted by Crippen LogP contribution is 2.39. The number of hydrogen-bond donors (Lipinski definition) is 6. The Hall–Kier alpha value is -4.28. The first-order valence-electron chi connectivity index (χ1n) is 15.1. The van der Waals surface area contributed by atoms with Crippen LogP contribution in [0.15, 0.2) is 40.3 Å². The Bertz CT molecular complexity index is 1410. The fourth-order valence-corrected chi connectivity index (χ4v) is 5.54. The van der Waals surface area contributed by atoms with Gasteiger partial charge in [0.05, 0.1) is 19.7 Å². The summed E-state index contributed by atoms with van der Waals surface area (Å²) in [6, 6.07) is 9.88. The zero-order valence-corrected chi connectivity index (χ0v) is 25.3. The molecule has 1 unspecified atom stereocenters. The highest BCUT2D eigenvalue weighted by molar-refractivity contribution is 5.83. The molecule has 1 atom stereocenters. The van der Waals surface area contributed by atoms with Crippen LogP contribution in [0.5, 0.6) is 0 Å². The van der Waals surface area contributed by atoms with Crippen molar-refractivity contribution < 1.29 is 19.4 Å². The average molecular weight is 590 g/mol. The molecule has 2 aromatic carbocycles. The molecule has 1 aliphatic carbocycles. The average Bonchev–Trinajstić information content (AvgIpc) is 3.73. The highest BCUT2D eigenvalue weighted by Gasteiger charge is 2.26. The Kier molecular flexibility index (Phi) is 9.37. The lowest BCUT2D eigenvalue weighted by Crippen LogP contribution is -2.43. The van der Waals surface area contributed by atoms with Crippen LogP contribution in [-0.2, 0) is 35.2 Å². The van der Waals surface area contributed by atoms with E-state index in [2.05, 4.69) is 66.9 Å². The van der Waals surface area contributed by atoms with Crippen LogP contribution in [0.1, 0.15) is 48.6 Å². The Labute approximate surface area is 253 Å². The van der Waals surface area contributed by atoms with Gasteiger partial charge in [0.15, 0.2) is 11.9 Å². The first kappa shape index (κ1) is 30.2. The van der Waals surface area contributed by atoms with E-state index in [1.807, 2.05) is 20.8 Å². The summed E-state index contributed by atoms with van der Waals surface area (Å²) in [6.45, 7) is 10.8. The molecule has 11 nitrogen and oxygen atoms in total. The molecule has 2 aromatic rings. The molecule has 0 radical (unpaired) electrons. The molecule has 3 aliphatic rings. The number of fused-ring (bicyclic) bond motifs is 3.